The van der Waals surface area contributed by atoms with Crippen LogP contribution in [0.4, 0.5) is 0 Å². The van der Waals surface area contributed by atoms with Crippen molar-refractivity contribution in [2.45, 2.75) is 51.7 Å². The maximum atomic E-state index is 11.9. The quantitative estimate of drug-likeness (QED) is 0.577. The second kappa shape index (κ2) is 8.51. The van der Waals surface area contributed by atoms with Crippen LogP contribution in [0.25, 0.3) is 0 Å². The highest BCUT2D eigenvalue weighted by atomic mass is 16.2. The number of piperazine rings is 1. The molecule has 0 aromatic heterocycles. The molecule has 0 aromatic carbocycles. The molecule has 1 saturated heterocycles. The second-order valence-electron chi connectivity index (χ2n) is 5.84. The predicted molar refractivity (Wildman–Crippen MR) is 79.3 cm³/mol. The van der Waals surface area contributed by atoms with E-state index in [1.807, 2.05) is 0 Å². The molecule has 1 rings (SSSR count). The van der Waals surface area contributed by atoms with Crippen LogP contribution in [0.5, 0.6) is 0 Å². The van der Waals surface area contributed by atoms with Gasteiger partial charge in [-0.1, -0.05) is 0 Å². The highest BCUT2D eigenvalue weighted by Gasteiger charge is 2.22. The molecule has 2 atom stereocenters. The van der Waals surface area contributed by atoms with Gasteiger partial charge in [-0.15, -0.1) is 0 Å². The third kappa shape index (κ3) is 6.36. The summed E-state index contributed by atoms with van der Waals surface area (Å²) >= 11 is 0. The van der Waals surface area contributed by atoms with Gasteiger partial charge in [0.15, 0.2) is 0 Å². The molecule has 1 aliphatic rings. The van der Waals surface area contributed by atoms with Crippen molar-refractivity contribution in [2.75, 3.05) is 33.2 Å². The minimum absolute atomic E-state index is 0.0745. The maximum Gasteiger partial charge on any atom is 0.238 e. The van der Waals surface area contributed by atoms with Crippen molar-refractivity contribution in [1.29, 1.82) is 0 Å². The van der Waals surface area contributed by atoms with E-state index in [1.165, 1.54) is 0 Å². The predicted octanol–water partition coefficient (Wildman–Crippen LogP) is 0.173. The van der Waals surface area contributed by atoms with Gasteiger partial charge in [-0.05, 0) is 47.2 Å². The van der Waals surface area contributed by atoms with Gasteiger partial charge in [0, 0.05) is 31.7 Å². The number of carbonyl (C=O) groups is 1. The van der Waals surface area contributed by atoms with E-state index in [1.54, 1.807) is 0 Å². The Morgan fingerprint density at radius 2 is 2.05 bits per heavy atom. The van der Waals surface area contributed by atoms with Crippen molar-refractivity contribution in [3.05, 3.63) is 0 Å². The molecule has 1 aliphatic heterocycles. The number of nitrogens with one attached hydrogen (secondary N) is 3. The number of nitrogens with zero attached hydrogens (tertiary/aromatic N) is 1. The lowest BCUT2D eigenvalue weighted by molar-refractivity contribution is -0.123. The van der Waals surface area contributed by atoms with Crippen LogP contribution < -0.4 is 16.0 Å². The van der Waals surface area contributed by atoms with Crippen molar-refractivity contribution >= 4 is 5.91 Å². The molecule has 0 saturated carbocycles. The van der Waals surface area contributed by atoms with Crippen molar-refractivity contribution < 1.29 is 4.79 Å². The summed E-state index contributed by atoms with van der Waals surface area (Å²) in [6, 6.07) is 0.972. The third-order valence-corrected chi connectivity index (χ3v) is 3.78. The first-order chi connectivity index (χ1) is 9.00. The largest absolute Gasteiger partial charge is 0.355 e. The second-order valence-corrected chi connectivity index (χ2v) is 5.84. The van der Waals surface area contributed by atoms with Crippen LogP contribution in [0.15, 0.2) is 0 Å². The Morgan fingerprint density at radius 3 is 2.63 bits per heavy atom. The standard InChI is InChI=1S/C14H30N4O/c1-11(2)18(4)8-6-5-7-15-14(19)13-10-16-12(3)9-17-13/h11-13,16-17H,5-10H2,1-4H3,(H,15,19). The molecular weight excluding hydrogens is 240 g/mol. The molecule has 1 heterocycles. The molecule has 0 aromatic rings. The fourth-order valence-electron chi connectivity index (χ4n) is 2.05. The van der Waals surface area contributed by atoms with Crippen LogP contribution in [0.1, 0.15) is 33.6 Å². The Morgan fingerprint density at radius 1 is 1.32 bits per heavy atom. The minimum Gasteiger partial charge on any atom is -0.355 e. The Balaban J connectivity index is 2.04. The summed E-state index contributed by atoms with van der Waals surface area (Å²) in [6.07, 6.45) is 2.17. The van der Waals surface area contributed by atoms with E-state index in [-0.39, 0.29) is 11.9 Å². The summed E-state index contributed by atoms with van der Waals surface area (Å²) in [6.45, 7) is 9.97. The lowest BCUT2D eigenvalue weighted by atomic mass is 10.1. The molecule has 5 heteroatoms. The average Bonchev–Trinajstić information content (AvgIpc) is 2.38. The zero-order chi connectivity index (χ0) is 14.3. The van der Waals surface area contributed by atoms with Gasteiger partial charge in [0.2, 0.25) is 5.91 Å². The summed E-state index contributed by atoms with van der Waals surface area (Å²) < 4.78 is 0. The number of carbonyl (C=O) groups excluding carboxylic acids is 1. The number of unbranched alkanes of at least 4 members (excludes halogenated alkanes) is 1. The van der Waals surface area contributed by atoms with E-state index >= 15 is 0 Å². The first-order valence-electron chi connectivity index (χ1n) is 7.45. The normalized spacial score (nSPS) is 23.9. The summed E-state index contributed by atoms with van der Waals surface area (Å²) in [5.41, 5.74) is 0. The molecule has 0 spiro atoms. The van der Waals surface area contributed by atoms with Crippen molar-refractivity contribution in [3.8, 4) is 0 Å². The van der Waals surface area contributed by atoms with Crippen LogP contribution in [-0.4, -0.2) is 62.2 Å². The van der Waals surface area contributed by atoms with Crippen molar-refractivity contribution in [1.82, 2.24) is 20.9 Å². The first-order valence-corrected chi connectivity index (χ1v) is 7.45. The number of hydrogen-bond acceptors (Lipinski definition) is 4. The van der Waals surface area contributed by atoms with Gasteiger partial charge in [-0.25, -0.2) is 0 Å². The first kappa shape index (κ1) is 16.4. The van der Waals surface area contributed by atoms with Crippen LogP contribution >= 0.6 is 0 Å². The number of amides is 1. The van der Waals surface area contributed by atoms with E-state index in [9.17, 15) is 4.79 Å². The van der Waals surface area contributed by atoms with Crippen LogP contribution in [-0.2, 0) is 4.79 Å². The molecule has 1 amide bonds. The molecule has 1 fully saturated rings. The highest BCUT2D eigenvalue weighted by Crippen LogP contribution is 1.98. The fourth-order valence-corrected chi connectivity index (χ4v) is 2.05. The molecule has 3 N–H and O–H groups in total. The molecule has 0 radical (unpaired) electrons. The Labute approximate surface area is 117 Å². The molecule has 5 nitrogen and oxygen atoms in total. The molecule has 2 unspecified atom stereocenters. The Bertz CT molecular complexity index is 262. The van der Waals surface area contributed by atoms with Gasteiger partial charge in [-0.2, -0.15) is 0 Å². The Kier molecular flexibility index (Phi) is 7.34. The SMILES string of the molecule is CC1CNC(C(=O)NCCCCN(C)C(C)C)CN1. The zero-order valence-corrected chi connectivity index (χ0v) is 12.8. The van der Waals surface area contributed by atoms with Gasteiger partial charge >= 0.3 is 0 Å². The van der Waals surface area contributed by atoms with E-state index in [0.717, 1.165) is 39.0 Å². The summed E-state index contributed by atoms with van der Waals surface area (Å²) in [5.74, 6) is 0.122. The third-order valence-electron chi connectivity index (χ3n) is 3.78. The topological polar surface area (TPSA) is 56.4 Å². The molecule has 0 aliphatic carbocycles. The van der Waals surface area contributed by atoms with E-state index in [0.29, 0.717) is 12.1 Å². The van der Waals surface area contributed by atoms with Crippen molar-refractivity contribution in [2.24, 2.45) is 0 Å². The minimum atomic E-state index is -0.0745. The lowest BCUT2D eigenvalue weighted by Crippen LogP contribution is -2.58. The van der Waals surface area contributed by atoms with Gasteiger partial charge in [0.05, 0.1) is 6.04 Å². The van der Waals surface area contributed by atoms with Crippen LogP contribution in [0.2, 0.25) is 0 Å². The van der Waals surface area contributed by atoms with Gasteiger partial charge in [-0.3, -0.25) is 4.79 Å². The lowest BCUT2D eigenvalue weighted by Gasteiger charge is -2.28. The van der Waals surface area contributed by atoms with Crippen LogP contribution in [0, 0.1) is 0 Å². The molecule has 0 bridgehead atoms. The maximum absolute atomic E-state index is 11.9. The fraction of sp³-hybridized carbons (Fsp3) is 0.929. The smallest absolute Gasteiger partial charge is 0.238 e. The molecular formula is C14H30N4O. The van der Waals surface area contributed by atoms with Crippen molar-refractivity contribution in [3.63, 3.8) is 0 Å². The molecule has 112 valence electrons. The highest BCUT2D eigenvalue weighted by molar-refractivity contribution is 5.82. The van der Waals surface area contributed by atoms with Gasteiger partial charge in [0.25, 0.3) is 0 Å². The van der Waals surface area contributed by atoms with E-state index in [2.05, 4.69) is 48.7 Å². The summed E-state index contributed by atoms with van der Waals surface area (Å²) in [5, 5.41) is 9.58. The Hall–Kier alpha value is -0.650. The van der Waals surface area contributed by atoms with Crippen LogP contribution in [0.3, 0.4) is 0 Å². The summed E-state index contributed by atoms with van der Waals surface area (Å²) in [4.78, 5) is 14.2. The zero-order valence-electron chi connectivity index (χ0n) is 12.8. The average molecular weight is 270 g/mol. The number of hydrogen-bond donors (Lipinski definition) is 3. The molecule has 19 heavy (non-hydrogen) atoms. The summed E-state index contributed by atoms with van der Waals surface area (Å²) in [7, 11) is 2.14. The van der Waals surface area contributed by atoms with E-state index in [4.69, 9.17) is 0 Å². The number of rotatable bonds is 7. The van der Waals surface area contributed by atoms with E-state index < -0.39 is 0 Å². The monoisotopic (exact) mass is 270 g/mol. The van der Waals surface area contributed by atoms with Gasteiger partial charge in [0.1, 0.15) is 0 Å². The van der Waals surface area contributed by atoms with Gasteiger partial charge < -0.3 is 20.9 Å².